The molecule has 1 unspecified atom stereocenters. The van der Waals surface area contributed by atoms with E-state index < -0.39 is 0 Å². The zero-order chi connectivity index (χ0) is 8.97. The number of rotatable bonds is 2. The molecule has 0 aromatic rings. The molecule has 0 spiro atoms. The number of nitrogens with zero attached hydrogens (tertiary/aromatic N) is 1. The Hall–Kier alpha value is -1.31. The monoisotopic (exact) mass is 163 g/mol. The fourth-order valence-electron chi connectivity index (χ4n) is 1.05. The van der Waals surface area contributed by atoms with Crippen molar-refractivity contribution in [1.29, 1.82) is 0 Å². The minimum Gasteiger partial charge on any atom is -0.444 e. The van der Waals surface area contributed by atoms with Crippen LogP contribution < -0.4 is 0 Å². The molecule has 1 atom stereocenters. The molecule has 1 aliphatic heterocycles. The Bertz CT molecular complexity index is 261. The highest BCUT2D eigenvalue weighted by atomic mass is 16.5. The van der Waals surface area contributed by atoms with Crippen LogP contribution in [0.15, 0.2) is 41.6 Å². The molecule has 0 bridgehead atoms. The van der Waals surface area contributed by atoms with Crippen molar-refractivity contribution in [2.45, 2.75) is 19.9 Å². The van der Waals surface area contributed by atoms with E-state index in [9.17, 15) is 0 Å². The SMILES string of the molecule is C=CC=CC1=CC(C)N=C(C)O1. The van der Waals surface area contributed by atoms with Gasteiger partial charge < -0.3 is 4.74 Å². The largest absolute Gasteiger partial charge is 0.444 e. The first-order valence-corrected chi connectivity index (χ1v) is 3.95. The molecule has 0 fully saturated rings. The lowest BCUT2D eigenvalue weighted by molar-refractivity contribution is 0.410. The smallest absolute Gasteiger partial charge is 0.187 e. The maximum absolute atomic E-state index is 5.34. The molecular formula is C10H13NO. The summed E-state index contributed by atoms with van der Waals surface area (Å²) in [7, 11) is 0. The standard InChI is InChI=1S/C10H13NO/c1-4-5-6-10-7-8(2)11-9(3)12-10/h4-8H,1H2,2-3H3. The Morgan fingerprint density at radius 2 is 2.42 bits per heavy atom. The van der Waals surface area contributed by atoms with Crippen LogP contribution in [0.4, 0.5) is 0 Å². The van der Waals surface area contributed by atoms with Crippen LogP contribution in [0.5, 0.6) is 0 Å². The molecular weight excluding hydrogens is 150 g/mol. The summed E-state index contributed by atoms with van der Waals surface area (Å²) in [5.41, 5.74) is 0. The van der Waals surface area contributed by atoms with E-state index in [1.807, 2.05) is 32.1 Å². The molecule has 2 nitrogen and oxygen atoms in total. The van der Waals surface area contributed by atoms with Gasteiger partial charge in [0, 0.05) is 6.92 Å². The molecule has 0 saturated carbocycles. The van der Waals surface area contributed by atoms with Gasteiger partial charge in [0.05, 0.1) is 6.04 Å². The predicted octanol–water partition coefficient (Wildman–Crippen LogP) is 2.45. The molecule has 0 aromatic heterocycles. The molecule has 64 valence electrons. The zero-order valence-corrected chi connectivity index (χ0v) is 7.45. The Morgan fingerprint density at radius 3 is 3.00 bits per heavy atom. The molecule has 1 rings (SSSR count). The van der Waals surface area contributed by atoms with Crippen molar-refractivity contribution in [3.63, 3.8) is 0 Å². The van der Waals surface area contributed by atoms with Gasteiger partial charge in [-0.1, -0.05) is 18.7 Å². The molecule has 0 aliphatic carbocycles. The Morgan fingerprint density at radius 1 is 1.67 bits per heavy atom. The summed E-state index contributed by atoms with van der Waals surface area (Å²) < 4.78 is 5.34. The second kappa shape index (κ2) is 3.90. The van der Waals surface area contributed by atoms with Crippen LogP contribution in [0.1, 0.15) is 13.8 Å². The van der Waals surface area contributed by atoms with Crippen LogP contribution in [0.25, 0.3) is 0 Å². The van der Waals surface area contributed by atoms with Gasteiger partial charge >= 0.3 is 0 Å². The Labute approximate surface area is 73.0 Å². The van der Waals surface area contributed by atoms with E-state index in [4.69, 9.17) is 4.74 Å². The van der Waals surface area contributed by atoms with E-state index in [2.05, 4.69) is 11.6 Å². The van der Waals surface area contributed by atoms with Gasteiger partial charge in [-0.15, -0.1) is 0 Å². The molecule has 0 aromatic carbocycles. The van der Waals surface area contributed by atoms with Crippen molar-refractivity contribution < 1.29 is 4.74 Å². The van der Waals surface area contributed by atoms with E-state index in [0.717, 1.165) is 5.76 Å². The summed E-state index contributed by atoms with van der Waals surface area (Å²) in [6, 6.07) is 0.211. The zero-order valence-electron chi connectivity index (χ0n) is 7.45. The van der Waals surface area contributed by atoms with Crippen LogP contribution in [-0.2, 0) is 4.74 Å². The summed E-state index contributed by atoms with van der Waals surface area (Å²) in [6.45, 7) is 7.46. The number of ether oxygens (including phenoxy) is 1. The van der Waals surface area contributed by atoms with Gasteiger partial charge in [0.1, 0.15) is 5.76 Å². The first-order chi connectivity index (χ1) is 5.72. The highest BCUT2D eigenvalue weighted by Crippen LogP contribution is 2.11. The maximum atomic E-state index is 5.34. The van der Waals surface area contributed by atoms with Crippen molar-refractivity contribution in [1.82, 2.24) is 0 Å². The van der Waals surface area contributed by atoms with Crippen LogP contribution in [-0.4, -0.2) is 11.9 Å². The van der Waals surface area contributed by atoms with E-state index >= 15 is 0 Å². The highest BCUT2D eigenvalue weighted by molar-refractivity contribution is 5.75. The van der Waals surface area contributed by atoms with Crippen molar-refractivity contribution in [3.05, 3.63) is 36.6 Å². The summed E-state index contributed by atoms with van der Waals surface area (Å²) in [5, 5.41) is 0. The van der Waals surface area contributed by atoms with E-state index in [0.29, 0.717) is 5.90 Å². The number of aliphatic imine (C=N–C) groups is 1. The fraction of sp³-hybridized carbons (Fsp3) is 0.300. The van der Waals surface area contributed by atoms with Gasteiger partial charge in [0.15, 0.2) is 5.90 Å². The second-order valence-corrected chi connectivity index (χ2v) is 2.65. The van der Waals surface area contributed by atoms with Crippen LogP contribution in [0.3, 0.4) is 0 Å². The van der Waals surface area contributed by atoms with Crippen molar-refractivity contribution in [3.8, 4) is 0 Å². The van der Waals surface area contributed by atoms with Crippen LogP contribution in [0, 0.1) is 0 Å². The fourth-order valence-corrected chi connectivity index (χ4v) is 1.05. The topological polar surface area (TPSA) is 21.6 Å². The van der Waals surface area contributed by atoms with Gasteiger partial charge in [0.25, 0.3) is 0 Å². The van der Waals surface area contributed by atoms with E-state index in [1.54, 1.807) is 6.08 Å². The number of hydrogen-bond donors (Lipinski definition) is 0. The second-order valence-electron chi connectivity index (χ2n) is 2.65. The maximum Gasteiger partial charge on any atom is 0.187 e. The summed E-state index contributed by atoms with van der Waals surface area (Å²) in [5.74, 6) is 1.56. The third kappa shape index (κ3) is 2.38. The lowest BCUT2D eigenvalue weighted by Crippen LogP contribution is -2.10. The first-order valence-electron chi connectivity index (χ1n) is 3.95. The van der Waals surface area contributed by atoms with Gasteiger partial charge in [0.2, 0.25) is 0 Å². The molecule has 2 heteroatoms. The summed E-state index contributed by atoms with van der Waals surface area (Å²) >= 11 is 0. The van der Waals surface area contributed by atoms with Crippen molar-refractivity contribution >= 4 is 5.90 Å². The van der Waals surface area contributed by atoms with E-state index in [-0.39, 0.29) is 6.04 Å². The van der Waals surface area contributed by atoms with Crippen LogP contribution in [0.2, 0.25) is 0 Å². The average Bonchev–Trinajstić information content (AvgIpc) is 1.99. The van der Waals surface area contributed by atoms with Crippen molar-refractivity contribution in [2.24, 2.45) is 4.99 Å². The van der Waals surface area contributed by atoms with Gasteiger partial charge in [-0.25, -0.2) is 4.99 Å². The third-order valence-corrected chi connectivity index (χ3v) is 1.45. The normalized spacial score (nSPS) is 23.0. The minimum absolute atomic E-state index is 0.211. The quantitative estimate of drug-likeness (QED) is 0.573. The summed E-state index contributed by atoms with van der Waals surface area (Å²) in [4.78, 5) is 4.20. The molecule has 0 radical (unpaired) electrons. The number of allylic oxidation sites excluding steroid dienone is 3. The Kier molecular flexibility index (Phi) is 2.86. The number of hydrogen-bond acceptors (Lipinski definition) is 2. The molecule has 1 aliphatic rings. The molecule has 0 amide bonds. The molecule has 0 N–H and O–H groups in total. The minimum atomic E-state index is 0.211. The van der Waals surface area contributed by atoms with Crippen LogP contribution >= 0.6 is 0 Å². The average molecular weight is 163 g/mol. The third-order valence-electron chi connectivity index (χ3n) is 1.45. The lowest BCUT2D eigenvalue weighted by Gasteiger charge is -2.13. The lowest BCUT2D eigenvalue weighted by atomic mass is 10.2. The van der Waals surface area contributed by atoms with Gasteiger partial charge in [-0.2, -0.15) is 0 Å². The highest BCUT2D eigenvalue weighted by Gasteiger charge is 2.07. The van der Waals surface area contributed by atoms with E-state index in [1.165, 1.54) is 0 Å². The molecule has 0 saturated heterocycles. The molecule has 12 heavy (non-hydrogen) atoms. The Balaban J connectivity index is 2.68. The molecule has 1 heterocycles. The first kappa shape index (κ1) is 8.78. The summed E-state index contributed by atoms with van der Waals surface area (Å²) in [6.07, 6.45) is 7.40. The van der Waals surface area contributed by atoms with Crippen molar-refractivity contribution in [2.75, 3.05) is 0 Å². The van der Waals surface area contributed by atoms with Gasteiger partial charge in [-0.05, 0) is 19.1 Å². The predicted molar refractivity (Wildman–Crippen MR) is 51.1 cm³/mol. The van der Waals surface area contributed by atoms with Gasteiger partial charge in [-0.3, -0.25) is 0 Å².